The van der Waals surface area contributed by atoms with Gasteiger partial charge in [-0.15, -0.1) is 0 Å². The van der Waals surface area contributed by atoms with Crippen LogP contribution in [0.4, 0.5) is 0 Å². The lowest BCUT2D eigenvalue weighted by Crippen LogP contribution is -2.41. The van der Waals surface area contributed by atoms with Crippen molar-refractivity contribution in [2.45, 2.75) is 72.0 Å². The van der Waals surface area contributed by atoms with Crippen molar-refractivity contribution >= 4 is 5.91 Å². The number of hydrogen-bond acceptors (Lipinski definition) is 2. The van der Waals surface area contributed by atoms with Gasteiger partial charge in [-0.05, 0) is 40.5 Å². The summed E-state index contributed by atoms with van der Waals surface area (Å²) in [6.45, 7) is 9.31. The van der Waals surface area contributed by atoms with Gasteiger partial charge in [-0.25, -0.2) is 4.98 Å². The number of nitrogens with zero attached hydrogens (tertiary/aromatic N) is 3. The second-order valence-corrected chi connectivity index (χ2v) is 5.60. The predicted octanol–water partition coefficient (Wildman–Crippen LogP) is 3.09. The number of carbonyl (C=O) groups excluding carboxylic acids is 1. The van der Waals surface area contributed by atoms with Crippen LogP contribution in [0, 0.1) is 0 Å². The number of aryl methyl sites for hydroxylation is 1. The van der Waals surface area contributed by atoms with Gasteiger partial charge in [-0.3, -0.25) is 4.79 Å². The highest BCUT2D eigenvalue weighted by Crippen LogP contribution is 2.11. The highest BCUT2D eigenvalue weighted by Gasteiger charge is 2.18. The Bertz CT molecular complexity index is 349. The average molecular weight is 265 g/mol. The Morgan fingerprint density at radius 2 is 1.84 bits per heavy atom. The van der Waals surface area contributed by atoms with Crippen molar-refractivity contribution in [2.75, 3.05) is 0 Å². The minimum atomic E-state index is 0.285. The van der Waals surface area contributed by atoms with Gasteiger partial charge < -0.3 is 9.47 Å². The number of carbonyl (C=O) groups is 1. The smallest absolute Gasteiger partial charge is 0.223 e. The second-order valence-electron chi connectivity index (χ2n) is 5.60. The van der Waals surface area contributed by atoms with Crippen molar-refractivity contribution in [3.8, 4) is 0 Å². The van der Waals surface area contributed by atoms with E-state index in [1.54, 1.807) is 6.20 Å². The van der Waals surface area contributed by atoms with Crippen molar-refractivity contribution in [2.24, 2.45) is 0 Å². The number of aromatic nitrogens is 2. The van der Waals surface area contributed by atoms with Crippen LogP contribution in [0.2, 0.25) is 0 Å². The molecule has 0 unspecified atom stereocenters. The maximum absolute atomic E-state index is 12.1. The summed E-state index contributed by atoms with van der Waals surface area (Å²) in [5.41, 5.74) is 0. The molecule has 0 radical (unpaired) electrons. The Balaban J connectivity index is 2.19. The van der Waals surface area contributed by atoms with Gasteiger partial charge >= 0.3 is 0 Å². The van der Waals surface area contributed by atoms with Crippen molar-refractivity contribution in [1.82, 2.24) is 14.5 Å². The number of hydrogen-bond donors (Lipinski definition) is 0. The zero-order valence-electron chi connectivity index (χ0n) is 12.7. The van der Waals surface area contributed by atoms with E-state index in [9.17, 15) is 4.79 Å². The fourth-order valence-corrected chi connectivity index (χ4v) is 2.47. The van der Waals surface area contributed by atoms with Crippen LogP contribution in [0.1, 0.15) is 53.4 Å². The summed E-state index contributed by atoms with van der Waals surface area (Å²) in [4.78, 5) is 18.1. The molecular weight excluding hydrogens is 238 g/mol. The summed E-state index contributed by atoms with van der Waals surface area (Å²) in [5.74, 6) is 0.285. The second kappa shape index (κ2) is 7.97. The molecule has 0 fully saturated rings. The van der Waals surface area contributed by atoms with E-state index in [1.165, 1.54) is 0 Å². The Morgan fingerprint density at radius 3 is 2.37 bits per heavy atom. The van der Waals surface area contributed by atoms with Gasteiger partial charge in [0.2, 0.25) is 5.91 Å². The van der Waals surface area contributed by atoms with Crippen molar-refractivity contribution in [1.29, 1.82) is 0 Å². The maximum atomic E-state index is 12.1. The molecule has 1 aromatic rings. The third-order valence-corrected chi connectivity index (χ3v) is 3.27. The SMILES string of the molecule is CC(C)N(C(=O)CCCCCn1ccnc1)C(C)C. The van der Waals surface area contributed by atoms with E-state index in [-0.39, 0.29) is 5.91 Å². The lowest BCUT2D eigenvalue weighted by Gasteiger charge is -2.30. The van der Waals surface area contributed by atoms with E-state index < -0.39 is 0 Å². The third kappa shape index (κ3) is 5.45. The van der Waals surface area contributed by atoms with E-state index in [0.29, 0.717) is 18.5 Å². The Morgan fingerprint density at radius 1 is 1.16 bits per heavy atom. The summed E-state index contributed by atoms with van der Waals surface area (Å²) in [6.07, 6.45) is 9.45. The van der Waals surface area contributed by atoms with Crippen molar-refractivity contribution in [3.05, 3.63) is 18.7 Å². The first kappa shape index (κ1) is 15.7. The molecular formula is C15H27N3O. The van der Waals surface area contributed by atoms with Crippen LogP contribution in [0.15, 0.2) is 18.7 Å². The molecule has 1 heterocycles. The molecule has 1 amide bonds. The van der Waals surface area contributed by atoms with Crippen LogP contribution in [-0.2, 0) is 11.3 Å². The average Bonchev–Trinajstić information content (AvgIpc) is 2.80. The van der Waals surface area contributed by atoms with E-state index >= 15 is 0 Å². The molecule has 0 aromatic carbocycles. The summed E-state index contributed by atoms with van der Waals surface area (Å²) in [7, 11) is 0. The minimum absolute atomic E-state index is 0.285. The van der Waals surface area contributed by atoms with Gasteiger partial charge in [0.25, 0.3) is 0 Å². The Kier molecular flexibility index (Phi) is 6.60. The number of amides is 1. The van der Waals surface area contributed by atoms with Gasteiger partial charge in [0, 0.05) is 37.4 Å². The predicted molar refractivity (Wildman–Crippen MR) is 77.8 cm³/mol. The highest BCUT2D eigenvalue weighted by atomic mass is 16.2. The summed E-state index contributed by atoms with van der Waals surface area (Å²) >= 11 is 0. The lowest BCUT2D eigenvalue weighted by atomic mass is 10.1. The molecule has 0 spiro atoms. The number of imidazole rings is 1. The molecule has 4 nitrogen and oxygen atoms in total. The van der Waals surface area contributed by atoms with Crippen LogP contribution >= 0.6 is 0 Å². The molecule has 1 aromatic heterocycles. The monoisotopic (exact) mass is 265 g/mol. The van der Waals surface area contributed by atoms with Gasteiger partial charge in [0.05, 0.1) is 6.33 Å². The molecule has 0 N–H and O–H groups in total. The molecule has 0 bridgehead atoms. The standard InChI is InChI=1S/C15H27N3O/c1-13(2)18(14(3)4)15(19)8-6-5-7-10-17-11-9-16-12-17/h9,11-14H,5-8,10H2,1-4H3. The molecule has 0 atom stereocenters. The summed E-state index contributed by atoms with van der Waals surface area (Å²) in [5, 5.41) is 0. The molecule has 0 saturated carbocycles. The van der Waals surface area contributed by atoms with Crippen molar-refractivity contribution in [3.63, 3.8) is 0 Å². The Labute approximate surface area is 116 Å². The normalized spacial score (nSPS) is 11.3. The number of rotatable bonds is 8. The van der Waals surface area contributed by atoms with Crippen LogP contribution in [0.25, 0.3) is 0 Å². The van der Waals surface area contributed by atoms with E-state index in [1.807, 2.05) is 17.4 Å². The molecule has 4 heteroatoms. The van der Waals surface area contributed by atoms with Crippen LogP contribution in [0.5, 0.6) is 0 Å². The summed E-state index contributed by atoms with van der Waals surface area (Å²) < 4.78 is 2.08. The van der Waals surface area contributed by atoms with Gasteiger partial charge in [0.15, 0.2) is 0 Å². The first-order valence-corrected chi connectivity index (χ1v) is 7.29. The molecule has 0 aliphatic heterocycles. The molecule has 0 aliphatic carbocycles. The quantitative estimate of drug-likeness (QED) is 0.677. The molecule has 108 valence electrons. The van der Waals surface area contributed by atoms with Gasteiger partial charge in [-0.1, -0.05) is 6.42 Å². The fourth-order valence-electron chi connectivity index (χ4n) is 2.47. The Hall–Kier alpha value is -1.32. The van der Waals surface area contributed by atoms with Crippen LogP contribution < -0.4 is 0 Å². The van der Waals surface area contributed by atoms with E-state index in [4.69, 9.17) is 0 Å². The lowest BCUT2D eigenvalue weighted by molar-refractivity contribution is -0.134. The first-order chi connectivity index (χ1) is 9.02. The van der Waals surface area contributed by atoms with Crippen molar-refractivity contribution < 1.29 is 4.79 Å². The minimum Gasteiger partial charge on any atom is -0.338 e. The number of unbranched alkanes of at least 4 members (excludes halogenated alkanes) is 2. The maximum Gasteiger partial charge on any atom is 0.223 e. The largest absolute Gasteiger partial charge is 0.338 e. The molecule has 19 heavy (non-hydrogen) atoms. The zero-order chi connectivity index (χ0) is 14.3. The summed E-state index contributed by atoms with van der Waals surface area (Å²) in [6, 6.07) is 0.580. The molecule has 0 aliphatic rings. The van der Waals surface area contributed by atoms with Crippen LogP contribution in [0.3, 0.4) is 0 Å². The molecule has 1 rings (SSSR count). The van der Waals surface area contributed by atoms with E-state index in [2.05, 4.69) is 37.2 Å². The van der Waals surface area contributed by atoms with Gasteiger partial charge in [0.1, 0.15) is 0 Å². The fraction of sp³-hybridized carbons (Fsp3) is 0.733. The van der Waals surface area contributed by atoms with Crippen LogP contribution in [-0.4, -0.2) is 32.4 Å². The zero-order valence-corrected chi connectivity index (χ0v) is 12.7. The van der Waals surface area contributed by atoms with E-state index in [0.717, 1.165) is 25.8 Å². The topological polar surface area (TPSA) is 38.1 Å². The third-order valence-electron chi connectivity index (χ3n) is 3.27. The highest BCUT2D eigenvalue weighted by molar-refractivity contribution is 5.76. The first-order valence-electron chi connectivity index (χ1n) is 7.29. The van der Waals surface area contributed by atoms with Gasteiger partial charge in [-0.2, -0.15) is 0 Å². The molecule has 0 saturated heterocycles.